The minimum absolute atomic E-state index is 0.197. The quantitative estimate of drug-likeness (QED) is 0.704. The van der Waals surface area contributed by atoms with E-state index < -0.39 is 18.8 Å². The van der Waals surface area contributed by atoms with Crippen LogP contribution in [-0.2, 0) is 0 Å². The number of aliphatic hydroxyl groups is 1. The van der Waals surface area contributed by atoms with Gasteiger partial charge in [0.2, 0.25) is 0 Å². The Morgan fingerprint density at radius 3 is 2.26 bits per heavy atom. The van der Waals surface area contributed by atoms with Crippen LogP contribution in [-0.4, -0.2) is 60.5 Å². The van der Waals surface area contributed by atoms with Crippen LogP contribution in [0.1, 0.15) is 20.8 Å². The molecule has 0 aliphatic carbocycles. The number of likely N-dealkylation sites (N-methyl/N-ethyl adjacent to an activating group) is 1. The Morgan fingerprint density at radius 2 is 1.84 bits per heavy atom. The molecule has 0 aromatic heterocycles. The maximum absolute atomic E-state index is 12.1. The fourth-order valence-electron chi connectivity index (χ4n) is 1.24. The van der Waals surface area contributed by atoms with E-state index in [0.29, 0.717) is 0 Å². The lowest BCUT2D eigenvalue weighted by Crippen LogP contribution is -2.48. The van der Waals surface area contributed by atoms with Gasteiger partial charge in [-0.3, -0.25) is 0 Å². The lowest BCUT2D eigenvalue weighted by Gasteiger charge is -2.23. The SMILES string of the molecule is CN(CCNC(=O)NC(C)(C)C)CC(O)C(F)(F)F. The van der Waals surface area contributed by atoms with Crippen molar-refractivity contribution >= 4 is 6.03 Å². The number of nitrogens with zero attached hydrogens (tertiary/aromatic N) is 1. The molecule has 0 spiro atoms. The molecule has 8 heteroatoms. The van der Waals surface area contributed by atoms with Crippen LogP contribution in [0.3, 0.4) is 0 Å². The zero-order valence-corrected chi connectivity index (χ0v) is 11.6. The van der Waals surface area contributed by atoms with Crippen molar-refractivity contribution in [2.45, 2.75) is 38.6 Å². The molecule has 1 atom stereocenters. The number of carbonyl (C=O) groups is 1. The molecule has 0 heterocycles. The Labute approximate surface area is 111 Å². The van der Waals surface area contributed by atoms with Gasteiger partial charge in [0.1, 0.15) is 0 Å². The predicted octanol–water partition coefficient (Wildman–Crippen LogP) is 0.939. The van der Waals surface area contributed by atoms with Crippen LogP contribution >= 0.6 is 0 Å². The van der Waals surface area contributed by atoms with Crippen LogP contribution < -0.4 is 10.6 Å². The summed E-state index contributed by atoms with van der Waals surface area (Å²) in [6, 6.07) is -0.378. The summed E-state index contributed by atoms with van der Waals surface area (Å²) in [4.78, 5) is 12.7. The largest absolute Gasteiger partial charge is 0.415 e. The van der Waals surface area contributed by atoms with E-state index in [2.05, 4.69) is 10.6 Å². The number of alkyl halides is 3. The van der Waals surface area contributed by atoms with Crippen molar-refractivity contribution in [2.24, 2.45) is 0 Å². The second kappa shape index (κ2) is 6.95. The minimum Gasteiger partial charge on any atom is -0.382 e. The molecule has 0 saturated heterocycles. The van der Waals surface area contributed by atoms with Crippen LogP contribution in [0.25, 0.3) is 0 Å². The Bertz CT molecular complexity index is 290. The number of nitrogens with one attached hydrogen (secondary N) is 2. The highest BCUT2D eigenvalue weighted by Gasteiger charge is 2.38. The van der Waals surface area contributed by atoms with Gasteiger partial charge < -0.3 is 20.6 Å². The average molecular weight is 285 g/mol. The van der Waals surface area contributed by atoms with Crippen molar-refractivity contribution in [1.29, 1.82) is 0 Å². The molecule has 2 amide bonds. The van der Waals surface area contributed by atoms with Crippen molar-refractivity contribution in [3.05, 3.63) is 0 Å². The van der Waals surface area contributed by atoms with Gasteiger partial charge in [0.05, 0.1) is 0 Å². The third-order valence-corrected chi connectivity index (χ3v) is 2.13. The third kappa shape index (κ3) is 9.54. The molecule has 5 nitrogen and oxygen atoms in total. The lowest BCUT2D eigenvalue weighted by molar-refractivity contribution is -0.207. The van der Waals surface area contributed by atoms with Crippen molar-refractivity contribution in [2.75, 3.05) is 26.7 Å². The zero-order valence-electron chi connectivity index (χ0n) is 11.6. The van der Waals surface area contributed by atoms with Gasteiger partial charge in [-0.1, -0.05) is 0 Å². The highest BCUT2D eigenvalue weighted by Crippen LogP contribution is 2.20. The minimum atomic E-state index is -4.62. The molecule has 19 heavy (non-hydrogen) atoms. The smallest absolute Gasteiger partial charge is 0.382 e. The number of amides is 2. The van der Waals surface area contributed by atoms with E-state index in [-0.39, 0.29) is 24.7 Å². The number of halogens is 3. The Morgan fingerprint density at radius 1 is 1.32 bits per heavy atom. The standard InChI is InChI=1S/C11H22F3N3O2/c1-10(2,3)16-9(19)15-5-6-17(4)7-8(18)11(12,13)14/h8,18H,5-7H2,1-4H3,(H2,15,16,19). The number of carbonyl (C=O) groups excluding carboxylic acids is 1. The van der Waals surface area contributed by atoms with Crippen LogP contribution in [0.15, 0.2) is 0 Å². The van der Waals surface area contributed by atoms with Gasteiger partial charge in [0.25, 0.3) is 0 Å². The summed E-state index contributed by atoms with van der Waals surface area (Å²) in [6.45, 7) is 5.34. The van der Waals surface area contributed by atoms with Crippen molar-refractivity contribution in [3.8, 4) is 0 Å². The van der Waals surface area contributed by atoms with E-state index in [1.807, 2.05) is 20.8 Å². The molecule has 0 aromatic rings. The molecule has 1 unspecified atom stereocenters. The number of aliphatic hydroxyl groups excluding tert-OH is 1. The summed E-state index contributed by atoms with van der Waals surface area (Å²) in [5.41, 5.74) is -0.373. The van der Waals surface area contributed by atoms with E-state index in [9.17, 15) is 18.0 Å². The monoisotopic (exact) mass is 285 g/mol. The highest BCUT2D eigenvalue weighted by molar-refractivity contribution is 5.74. The Kier molecular flexibility index (Phi) is 6.58. The first-order valence-corrected chi connectivity index (χ1v) is 5.91. The van der Waals surface area contributed by atoms with Crippen LogP contribution in [0.2, 0.25) is 0 Å². The molecule has 0 bridgehead atoms. The van der Waals surface area contributed by atoms with E-state index in [1.165, 1.54) is 11.9 Å². The van der Waals surface area contributed by atoms with Gasteiger partial charge in [-0.2, -0.15) is 13.2 Å². The Hall–Kier alpha value is -1.02. The molecule has 3 N–H and O–H groups in total. The molecular formula is C11H22F3N3O2. The predicted molar refractivity (Wildman–Crippen MR) is 65.8 cm³/mol. The van der Waals surface area contributed by atoms with E-state index in [4.69, 9.17) is 5.11 Å². The van der Waals surface area contributed by atoms with Crippen LogP contribution in [0, 0.1) is 0 Å². The van der Waals surface area contributed by atoms with Gasteiger partial charge in [-0.15, -0.1) is 0 Å². The highest BCUT2D eigenvalue weighted by atomic mass is 19.4. The maximum Gasteiger partial charge on any atom is 0.415 e. The van der Waals surface area contributed by atoms with E-state index in [0.717, 1.165) is 0 Å². The van der Waals surface area contributed by atoms with E-state index in [1.54, 1.807) is 0 Å². The molecule has 0 rings (SSSR count). The van der Waals surface area contributed by atoms with Gasteiger partial charge >= 0.3 is 12.2 Å². The zero-order chi connectivity index (χ0) is 15.3. The topological polar surface area (TPSA) is 64.6 Å². The summed E-state index contributed by atoms with van der Waals surface area (Å²) >= 11 is 0. The van der Waals surface area contributed by atoms with Crippen molar-refractivity contribution in [3.63, 3.8) is 0 Å². The Balaban J connectivity index is 3.87. The number of hydrogen-bond donors (Lipinski definition) is 3. The summed E-state index contributed by atoms with van der Waals surface area (Å²) < 4.78 is 36.3. The first-order chi connectivity index (χ1) is 8.42. The fourth-order valence-corrected chi connectivity index (χ4v) is 1.24. The van der Waals surface area contributed by atoms with Gasteiger partial charge in [0, 0.05) is 25.2 Å². The van der Waals surface area contributed by atoms with Gasteiger partial charge in [0.15, 0.2) is 6.10 Å². The first kappa shape index (κ1) is 18.0. The molecule has 0 aliphatic heterocycles. The second-order valence-corrected chi connectivity index (χ2v) is 5.45. The third-order valence-electron chi connectivity index (χ3n) is 2.13. The molecule has 0 fully saturated rings. The summed E-state index contributed by atoms with van der Waals surface area (Å²) in [5, 5.41) is 14.0. The summed E-state index contributed by atoms with van der Waals surface area (Å²) in [5.74, 6) is 0. The lowest BCUT2D eigenvalue weighted by atomic mass is 10.1. The molecule has 0 saturated carbocycles. The number of urea groups is 1. The second-order valence-electron chi connectivity index (χ2n) is 5.45. The van der Waals surface area contributed by atoms with Crippen LogP contribution in [0.4, 0.5) is 18.0 Å². The fraction of sp³-hybridized carbons (Fsp3) is 0.909. The molecule has 114 valence electrons. The summed E-state index contributed by atoms with van der Waals surface area (Å²) in [7, 11) is 1.44. The van der Waals surface area contributed by atoms with Gasteiger partial charge in [-0.05, 0) is 27.8 Å². The molecular weight excluding hydrogens is 263 g/mol. The van der Waals surface area contributed by atoms with Crippen molar-refractivity contribution < 1.29 is 23.1 Å². The van der Waals surface area contributed by atoms with Crippen molar-refractivity contribution in [1.82, 2.24) is 15.5 Å². The molecule has 0 radical (unpaired) electrons. The average Bonchev–Trinajstić information content (AvgIpc) is 2.12. The number of rotatable bonds is 5. The normalized spacial score (nSPS) is 14.4. The maximum atomic E-state index is 12.1. The van der Waals surface area contributed by atoms with E-state index >= 15 is 0 Å². The number of hydrogen-bond acceptors (Lipinski definition) is 3. The van der Waals surface area contributed by atoms with Crippen LogP contribution in [0.5, 0.6) is 0 Å². The summed E-state index contributed by atoms with van der Waals surface area (Å²) in [6.07, 6.45) is -6.99. The first-order valence-electron chi connectivity index (χ1n) is 5.91. The van der Waals surface area contributed by atoms with Gasteiger partial charge in [-0.25, -0.2) is 4.79 Å². The molecule has 0 aliphatic rings. The molecule has 0 aromatic carbocycles.